The van der Waals surface area contributed by atoms with Gasteiger partial charge in [-0.3, -0.25) is 4.79 Å². The maximum absolute atomic E-state index is 13.0. The molecule has 0 spiro atoms. The molecule has 1 aliphatic carbocycles. The Morgan fingerprint density at radius 3 is 2.65 bits per heavy atom. The fourth-order valence-electron chi connectivity index (χ4n) is 3.31. The van der Waals surface area contributed by atoms with E-state index in [1.807, 2.05) is 23.1 Å². The highest BCUT2D eigenvalue weighted by Gasteiger charge is 2.55. The van der Waals surface area contributed by atoms with E-state index in [1.165, 1.54) is 0 Å². The molecule has 6 nitrogen and oxygen atoms in total. The lowest BCUT2D eigenvalue weighted by molar-refractivity contribution is -0.135. The third-order valence-corrected chi connectivity index (χ3v) is 5.03. The minimum absolute atomic E-state index is 0.201. The summed E-state index contributed by atoms with van der Waals surface area (Å²) in [4.78, 5) is 17.3. The van der Waals surface area contributed by atoms with Crippen LogP contribution in [0.4, 0.5) is 0 Å². The van der Waals surface area contributed by atoms with Gasteiger partial charge in [-0.25, -0.2) is 0 Å². The Hall–Kier alpha value is -2.08. The number of rotatable bonds is 4. The molecule has 2 aromatic rings. The summed E-state index contributed by atoms with van der Waals surface area (Å²) in [6, 6.07) is 5.49. The molecule has 0 N–H and O–H groups in total. The lowest BCUT2D eigenvalue weighted by Crippen LogP contribution is -2.51. The minimum Gasteiger partial charge on any atom is -0.461 e. The standard InChI is InChI=1S/C17H21N3O3/c1-2-19-7-9-20(10-8-19)16(21)17(5-6-17)15-12-14(23-18-15)13-4-3-11-22-13/h3-4,11-12H,2,5-10H2,1H3. The van der Waals surface area contributed by atoms with Gasteiger partial charge in [-0.1, -0.05) is 12.1 Å². The largest absolute Gasteiger partial charge is 0.461 e. The number of carbonyl (C=O) groups excluding carboxylic acids is 1. The molecule has 0 radical (unpaired) electrons. The van der Waals surface area contributed by atoms with Crippen molar-refractivity contribution in [3.63, 3.8) is 0 Å². The monoisotopic (exact) mass is 315 g/mol. The number of likely N-dealkylation sites (N-methyl/N-ethyl adjacent to an activating group) is 1. The van der Waals surface area contributed by atoms with Gasteiger partial charge in [0.15, 0.2) is 5.76 Å². The van der Waals surface area contributed by atoms with Crippen LogP contribution < -0.4 is 0 Å². The predicted octanol–water partition coefficient (Wildman–Crippen LogP) is 2.13. The van der Waals surface area contributed by atoms with E-state index < -0.39 is 5.41 Å². The lowest BCUT2D eigenvalue weighted by Gasteiger charge is -2.35. The lowest BCUT2D eigenvalue weighted by atomic mass is 9.99. The van der Waals surface area contributed by atoms with Crippen LogP contribution in [0, 0.1) is 0 Å². The molecule has 1 amide bonds. The molecule has 122 valence electrons. The van der Waals surface area contributed by atoms with E-state index in [4.69, 9.17) is 8.94 Å². The molecule has 1 saturated carbocycles. The molecule has 1 saturated heterocycles. The van der Waals surface area contributed by atoms with Crippen molar-refractivity contribution < 1.29 is 13.7 Å². The van der Waals surface area contributed by atoms with E-state index in [0.29, 0.717) is 11.5 Å². The zero-order valence-electron chi connectivity index (χ0n) is 13.3. The number of hydrogen-bond acceptors (Lipinski definition) is 5. The summed E-state index contributed by atoms with van der Waals surface area (Å²) in [5.41, 5.74) is 0.273. The number of amides is 1. The van der Waals surface area contributed by atoms with Crippen LogP contribution in [-0.4, -0.2) is 53.6 Å². The van der Waals surface area contributed by atoms with Crippen LogP contribution in [0.25, 0.3) is 11.5 Å². The Kier molecular flexibility index (Phi) is 3.49. The number of carbonyl (C=O) groups is 1. The third-order valence-electron chi connectivity index (χ3n) is 5.03. The average Bonchev–Trinajstić information content (AvgIpc) is 3.03. The van der Waals surface area contributed by atoms with Gasteiger partial charge in [-0.2, -0.15) is 0 Å². The van der Waals surface area contributed by atoms with Gasteiger partial charge in [0.25, 0.3) is 0 Å². The molecule has 3 heterocycles. The second kappa shape index (κ2) is 5.53. The normalized spacial score (nSPS) is 20.7. The molecular weight excluding hydrogens is 294 g/mol. The average molecular weight is 315 g/mol. The Morgan fingerprint density at radius 2 is 2.04 bits per heavy atom. The quantitative estimate of drug-likeness (QED) is 0.865. The van der Waals surface area contributed by atoms with Crippen molar-refractivity contribution >= 4 is 5.91 Å². The molecule has 23 heavy (non-hydrogen) atoms. The highest BCUT2D eigenvalue weighted by Crippen LogP contribution is 2.49. The molecule has 0 unspecified atom stereocenters. The molecule has 2 fully saturated rings. The number of furan rings is 1. The van der Waals surface area contributed by atoms with E-state index in [9.17, 15) is 4.79 Å². The second-order valence-corrected chi connectivity index (χ2v) is 6.36. The Balaban J connectivity index is 1.51. The van der Waals surface area contributed by atoms with Crippen molar-refractivity contribution in [2.45, 2.75) is 25.2 Å². The summed E-state index contributed by atoms with van der Waals surface area (Å²) < 4.78 is 10.7. The molecular formula is C17H21N3O3. The van der Waals surface area contributed by atoms with Crippen LogP contribution in [-0.2, 0) is 10.2 Å². The highest BCUT2D eigenvalue weighted by atomic mass is 16.5. The van der Waals surface area contributed by atoms with E-state index >= 15 is 0 Å². The predicted molar refractivity (Wildman–Crippen MR) is 83.8 cm³/mol. The van der Waals surface area contributed by atoms with Crippen LogP contribution in [0.5, 0.6) is 0 Å². The van der Waals surface area contributed by atoms with Crippen molar-refractivity contribution in [2.75, 3.05) is 32.7 Å². The molecule has 2 aliphatic rings. The fraction of sp³-hybridized carbons (Fsp3) is 0.529. The second-order valence-electron chi connectivity index (χ2n) is 6.36. The molecule has 4 rings (SSSR count). The minimum atomic E-state index is -0.470. The number of hydrogen-bond donors (Lipinski definition) is 0. The first-order valence-electron chi connectivity index (χ1n) is 8.26. The van der Waals surface area contributed by atoms with Crippen LogP contribution in [0.2, 0.25) is 0 Å². The Labute approximate surface area is 135 Å². The summed E-state index contributed by atoms with van der Waals surface area (Å²) >= 11 is 0. The van der Waals surface area contributed by atoms with E-state index in [-0.39, 0.29) is 5.91 Å². The van der Waals surface area contributed by atoms with Crippen molar-refractivity contribution in [3.8, 4) is 11.5 Å². The SMILES string of the molecule is CCN1CCN(C(=O)C2(c3cc(-c4ccco4)on3)CC2)CC1. The van der Waals surface area contributed by atoms with E-state index in [0.717, 1.165) is 51.3 Å². The van der Waals surface area contributed by atoms with Crippen molar-refractivity contribution in [1.82, 2.24) is 15.0 Å². The van der Waals surface area contributed by atoms with Gasteiger partial charge in [0, 0.05) is 32.2 Å². The van der Waals surface area contributed by atoms with Crippen LogP contribution in [0.1, 0.15) is 25.5 Å². The molecule has 6 heteroatoms. The van der Waals surface area contributed by atoms with E-state index in [2.05, 4.69) is 17.0 Å². The molecule has 0 bridgehead atoms. The number of nitrogens with zero attached hydrogens (tertiary/aromatic N) is 3. The Morgan fingerprint density at radius 1 is 1.26 bits per heavy atom. The van der Waals surface area contributed by atoms with Gasteiger partial charge >= 0.3 is 0 Å². The van der Waals surface area contributed by atoms with Crippen LogP contribution in [0.15, 0.2) is 33.4 Å². The maximum Gasteiger partial charge on any atom is 0.235 e. The van der Waals surface area contributed by atoms with E-state index in [1.54, 1.807) is 6.26 Å². The first-order valence-corrected chi connectivity index (χ1v) is 8.26. The molecule has 2 aromatic heterocycles. The maximum atomic E-state index is 13.0. The first-order chi connectivity index (χ1) is 11.2. The van der Waals surface area contributed by atoms with Crippen LogP contribution >= 0.6 is 0 Å². The summed E-state index contributed by atoms with van der Waals surface area (Å²) in [5.74, 6) is 1.43. The van der Waals surface area contributed by atoms with Gasteiger partial charge in [0.1, 0.15) is 0 Å². The third kappa shape index (κ3) is 2.47. The van der Waals surface area contributed by atoms with Gasteiger partial charge < -0.3 is 18.7 Å². The van der Waals surface area contributed by atoms with Gasteiger partial charge in [-0.15, -0.1) is 0 Å². The summed E-state index contributed by atoms with van der Waals surface area (Å²) in [6.07, 6.45) is 3.30. The number of aromatic nitrogens is 1. The number of piperazine rings is 1. The van der Waals surface area contributed by atoms with Gasteiger partial charge in [-0.05, 0) is 31.5 Å². The zero-order valence-corrected chi connectivity index (χ0v) is 13.3. The van der Waals surface area contributed by atoms with Gasteiger partial charge in [0.05, 0.1) is 17.4 Å². The molecule has 1 aliphatic heterocycles. The molecule has 0 atom stereocenters. The van der Waals surface area contributed by atoms with Crippen molar-refractivity contribution in [3.05, 3.63) is 30.2 Å². The fourth-order valence-corrected chi connectivity index (χ4v) is 3.31. The topological polar surface area (TPSA) is 62.7 Å². The van der Waals surface area contributed by atoms with Gasteiger partial charge in [0.2, 0.25) is 11.7 Å². The van der Waals surface area contributed by atoms with Crippen molar-refractivity contribution in [1.29, 1.82) is 0 Å². The highest BCUT2D eigenvalue weighted by molar-refractivity contribution is 5.91. The molecule has 0 aromatic carbocycles. The Bertz CT molecular complexity index is 680. The van der Waals surface area contributed by atoms with Crippen LogP contribution in [0.3, 0.4) is 0 Å². The first kappa shape index (κ1) is 14.5. The summed E-state index contributed by atoms with van der Waals surface area (Å²) in [6.45, 7) is 6.71. The van der Waals surface area contributed by atoms with Crippen molar-refractivity contribution in [2.24, 2.45) is 0 Å². The summed E-state index contributed by atoms with van der Waals surface area (Å²) in [7, 11) is 0. The zero-order chi connectivity index (χ0) is 15.9. The smallest absolute Gasteiger partial charge is 0.235 e. The summed E-state index contributed by atoms with van der Waals surface area (Å²) in [5, 5.41) is 4.16.